The van der Waals surface area contributed by atoms with E-state index in [-0.39, 0.29) is 16.4 Å². The number of thiazole rings is 1. The Morgan fingerprint density at radius 2 is 2.00 bits per heavy atom. The molecule has 0 radical (unpaired) electrons. The normalized spacial score (nSPS) is 11.4. The highest BCUT2D eigenvalue weighted by molar-refractivity contribution is 7.90. The minimum absolute atomic E-state index is 0.179. The summed E-state index contributed by atoms with van der Waals surface area (Å²) < 4.78 is 26.1. The number of benzene rings is 1. The summed E-state index contributed by atoms with van der Waals surface area (Å²) in [5.74, 6) is -0.346. The zero-order valence-electron chi connectivity index (χ0n) is 12.8. The molecule has 1 aromatic carbocycles. The molecule has 0 saturated heterocycles. The summed E-state index contributed by atoms with van der Waals surface area (Å²) in [5, 5.41) is 4.55. The number of nitrogens with one attached hydrogen (secondary N) is 1. The lowest BCUT2D eigenvalue weighted by Crippen LogP contribution is -2.22. The van der Waals surface area contributed by atoms with Crippen molar-refractivity contribution in [2.75, 3.05) is 0 Å². The van der Waals surface area contributed by atoms with Crippen LogP contribution in [0.3, 0.4) is 0 Å². The number of carbonyl (C=O) groups is 1. The van der Waals surface area contributed by atoms with Crippen LogP contribution in [-0.2, 0) is 16.6 Å². The van der Waals surface area contributed by atoms with Crippen molar-refractivity contribution in [2.24, 2.45) is 0 Å². The van der Waals surface area contributed by atoms with E-state index in [4.69, 9.17) is 0 Å². The first-order valence-corrected chi connectivity index (χ1v) is 9.50. The molecule has 0 aliphatic rings. The Morgan fingerprint density at radius 3 is 2.67 bits per heavy atom. The van der Waals surface area contributed by atoms with E-state index in [9.17, 15) is 13.2 Å². The highest BCUT2D eigenvalue weighted by atomic mass is 32.2. The van der Waals surface area contributed by atoms with Gasteiger partial charge in [0.1, 0.15) is 0 Å². The first-order valence-electron chi connectivity index (χ1n) is 7.12. The van der Waals surface area contributed by atoms with Crippen molar-refractivity contribution in [2.45, 2.75) is 18.4 Å². The monoisotopic (exact) mass is 361 g/mol. The number of aromatic nitrogens is 2. The Hall–Kier alpha value is -2.45. The number of nitrogens with zero attached hydrogens (tertiary/aromatic N) is 2. The molecule has 0 fully saturated rings. The highest BCUT2D eigenvalue weighted by Gasteiger charge is 2.18. The van der Waals surface area contributed by atoms with E-state index in [1.165, 1.54) is 29.8 Å². The molecule has 0 aliphatic heterocycles. The molecule has 0 unspecified atom stereocenters. The van der Waals surface area contributed by atoms with Gasteiger partial charge in [-0.3, -0.25) is 4.79 Å². The first kappa shape index (κ1) is 16.4. The summed E-state index contributed by atoms with van der Waals surface area (Å²) in [7, 11) is -3.70. The summed E-state index contributed by atoms with van der Waals surface area (Å²) in [6, 6.07) is 8.04. The molecule has 3 rings (SSSR count). The quantitative estimate of drug-likeness (QED) is 0.757. The maximum atomic E-state index is 12.5. The Bertz CT molecular complexity index is 943. The number of carbonyl (C=O) groups excluding carboxylic acids is 1. The average Bonchev–Trinajstić information content (AvgIpc) is 3.25. The van der Waals surface area contributed by atoms with Gasteiger partial charge in [-0.05, 0) is 25.1 Å². The van der Waals surface area contributed by atoms with Gasteiger partial charge in [-0.15, -0.1) is 11.3 Å². The zero-order chi connectivity index (χ0) is 17.2. The lowest BCUT2D eigenvalue weighted by molar-refractivity contribution is 0.0950. The third kappa shape index (κ3) is 3.39. The van der Waals surface area contributed by atoms with Crippen molar-refractivity contribution >= 4 is 27.3 Å². The van der Waals surface area contributed by atoms with Gasteiger partial charge in [0.05, 0.1) is 28.2 Å². The van der Waals surface area contributed by atoms with Crippen molar-refractivity contribution < 1.29 is 13.2 Å². The second-order valence-electron chi connectivity index (χ2n) is 5.21. The van der Waals surface area contributed by atoms with Crippen molar-refractivity contribution in [1.29, 1.82) is 0 Å². The number of hydrogen-bond acceptors (Lipinski definition) is 5. The van der Waals surface area contributed by atoms with Crippen LogP contribution < -0.4 is 5.32 Å². The Balaban J connectivity index is 1.77. The molecule has 2 aromatic heterocycles. The van der Waals surface area contributed by atoms with Crippen LogP contribution in [-0.4, -0.2) is 23.3 Å². The Morgan fingerprint density at radius 1 is 1.25 bits per heavy atom. The van der Waals surface area contributed by atoms with Gasteiger partial charge in [0.2, 0.25) is 0 Å². The second-order valence-corrected chi connectivity index (χ2v) is 7.77. The second kappa shape index (κ2) is 6.58. The summed E-state index contributed by atoms with van der Waals surface area (Å²) in [5.41, 5.74) is 3.70. The minimum atomic E-state index is -3.70. The summed E-state index contributed by atoms with van der Waals surface area (Å²) in [4.78, 5) is 16.4. The standard InChI is InChI=1S/C16H15N3O3S2/c1-12-2-4-15(5-3-12)24(21,22)19-7-6-13(9-19)16(20)17-8-14-10-23-11-18-14/h2-7,9-11H,8H2,1H3,(H,17,20). The van der Waals surface area contributed by atoms with Crippen LogP contribution in [0.5, 0.6) is 0 Å². The van der Waals surface area contributed by atoms with Gasteiger partial charge < -0.3 is 5.32 Å². The zero-order valence-corrected chi connectivity index (χ0v) is 14.5. The molecule has 0 atom stereocenters. The van der Waals surface area contributed by atoms with Crippen LogP contribution in [0.25, 0.3) is 0 Å². The molecule has 0 saturated carbocycles. The minimum Gasteiger partial charge on any atom is -0.346 e. The van der Waals surface area contributed by atoms with Crippen LogP contribution in [0.1, 0.15) is 21.6 Å². The van der Waals surface area contributed by atoms with E-state index in [0.717, 1.165) is 15.2 Å². The number of aryl methyl sites for hydroxylation is 1. The van der Waals surface area contributed by atoms with Crippen LogP contribution in [0.4, 0.5) is 0 Å². The van der Waals surface area contributed by atoms with E-state index in [1.54, 1.807) is 29.8 Å². The first-order chi connectivity index (χ1) is 11.5. The van der Waals surface area contributed by atoms with Gasteiger partial charge >= 0.3 is 0 Å². The van der Waals surface area contributed by atoms with E-state index in [2.05, 4.69) is 10.3 Å². The SMILES string of the molecule is Cc1ccc(S(=O)(=O)n2ccc(C(=O)NCc3cscn3)c2)cc1. The van der Waals surface area contributed by atoms with Gasteiger partial charge in [-0.2, -0.15) is 0 Å². The number of amides is 1. The van der Waals surface area contributed by atoms with E-state index in [1.807, 2.05) is 12.3 Å². The molecule has 24 heavy (non-hydrogen) atoms. The molecule has 2 heterocycles. The largest absolute Gasteiger partial charge is 0.346 e. The van der Waals surface area contributed by atoms with E-state index >= 15 is 0 Å². The lowest BCUT2D eigenvalue weighted by atomic mass is 10.2. The molecule has 0 spiro atoms. The predicted molar refractivity (Wildman–Crippen MR) is 91.5 cm³/mol. The molecule has 6 nitrogen and oxygen atoms in total. The molecule has 1 N–H and O–H groups in total. The number of hydrogen-bond donors (Lipinski definition) is 1. The topological polar surface area (TPSA) is 81.1 Å². The number of rotatable bonds is 5. The molecular weight excluding hydrogens is 346 g/mol. The Labute approximate surface area is 143 Å². The molecule has 3 aromatic rings. The average molecular weight is 361 g/mol. The highest BCUT2D eigenvalue weighted by Crippen LogP contribution is 2.16. The molecule has 8 heteroatoms. The van der Waals surface area contributed by atoms with E-state index in [0.29, 0.717) is 6.54 Å². The third-order valence-corrected chi connectivity index (χ3v) is 5.72. The van der Waals surface area contributed by atoms with Crippen LogP contribution in [0.15, 0.2) is 58.5 Å². The molecule has 1 amide bonds. The molecule has 0 aliphatic carbocycles. The summed E-state index contributed by atoms with van der Waals surface area (Å²) in [6.45, 7) is 2.19. The van der Waals surface area contributed by atoms with Crippen LogP contribution in [0, 0.1) is 6.92 Å². The third-order valence-electron chi connectivity index (χ3n) is 3.44. The molecule has 0 bridgehead atoms. The van der Waals surface area contributed by atoms with Gasteiger partial charge in [0.25, 0.3) is 15.9 Å². The summed E-state index contributed by atoms with van der Waals surface area (Å²) in [6.07, 6.45) is 2.68. The predicted octanol–water partition coefficient (Wildman–Crippen LogP) is 2.42. The maximum Gasteiger partial charge on any atom is 0.267 e. The fourth-order valence-electron chi connectivity index (χ4n) is 2.09. The summed E-state index contributed by atoms with van der Waals surface area (Å²) >= 11 is 1.45. The van der Waals surface area contributed by atoms with Crippen LogP contribution in [0.2, 0.25) is 0 Å². The fourth-order valence-corrected chi connectivity index (χ4v) is 3.85. The fraction of sp³-hybridized carbons (Fsp3) is 0.125. The van der Waals surface area contributed by atoms with Gasteiger partial charge in [-0.1, -0.05) is 17.7 Å². The van der Waals surface area contributed by atoms with Gasteiger partial charge in [0, 0.05) is 17.8 Å². The molecule has 124 valence electrons. The van der Waals surface area contributed by atoms with Crippen molar-refractivity contribution in [3.63, 3.8) is 0 Å². The van der Waals surface area contributed by atoms with Crippen molar-refractivity contribution in [3.05, 3.63) is 70.4 Å². The van der Waals surface area contributed by atoms with Gasteiger partial charge in [0.15, 0.2) is 0 Å². The van der Waals surface area contributed by atoms with Crippen LogP contribution >= 0.6 is 11.3 Å². The Kier molecular flexibility index (Phi) is 4.50. The van der Waals surface area contributed by atoms with E-state index < -0.39 is 10.0 Å². The smallest absolute Gasteiger partial charge is 0.267 e. The molecular formula is C16H15N3O3S2. The van der Waals surface area contributed by atoms with Crippen molar-refractivity contribution in [1.82, 2.24) is 14.3 Å². The van der Waals surface area contributed by atoms with Crippen molar-refractivity contribution in [3.8, 4) is 0 Å². The maximum absolute atomic E-state index is 12.5. The lowest BCUT2D eigenvalue weighted by Gasteiger charge is -2.06. The van der Waals surface area contributed by atoms with Gasteiger partial charge in [-0.25, -0.2) is 17.4 Å².